The second-order valence-corrected chi connectivity index (χ2v) is 5.60. The van der Waals surface area contributed by atoms with Gasteiger partial charge in [-0.1, -0.05) is 20.3 Å². The van der Waals surface area contributed by atoms with Crippen LogP contribution in [0.2, 0.25) is 0 Å². The van der Waals surface area contributed by atoms with Crippen LogP contribution < -0.4 is 5.32 Å². The van der Waals surface area contributed by atoms with Crippen LogP contribution in [0.4, 0.5) is 0 Å². The first-order chi connectivity index (χ1) is 7.63. The van der Waals surface area contributed by atoms with E-state index >= 15 is 0 Å². The van der Waals surface area contributed by atoms with E-state index in [2.05, 4.69) is 49.0 Å². The number of nitrogens with one attached hydrogen (secondary N) is 1. The van der Waals surface area contributed by atoms with Crippen LogP contribution in [0.25, 0.3) is 0 Å². The molecule has 2 nitrogen and oxygen atoms in total. The van der Waals surface area contributed by atoms with E-state index in [1.807, 2.05) is 0 Å². The van der Waals surface area contributed by atoms with Gasteiger partial charge < -0.3 is 9.88 Å². The van der Waals surface area contributed by atoms with Crippen molar-refractivity contribution in [1.82, 2.24) is 9.88 Å². The fourth-order valence-corrected chi connectivity index (χ4v) is 2.85. The molecule has 0 aromatic carbocycles. The van der Waals surface area contributed by atoms with Crippen molar-refractivity contribution < 1.29 is 0 Å². The Kier molecular flexibility index (Phi) is 3.38. The molecule has 1 saturated carbocycles. The van der Waals surface area contributed by atoms with Gasteiger partial charge in [-0.15, -0.1) is 0 Å². The molecule has 1 aromatic heterocycles. The van der Waals surface area contributed by atoms with Crippen LogP contribution in [0, 0.1) is 5.41 Å². The molecule has 1 unspecified atom stereocenters. The van der Waals surface area contributed by atoms with Crippen molar-refractivity contribution in [3.05, 3.63) is 24.0 Å². The molecule has 0 aliphatic heterocycles. The summed E-state index contributed by atoms with van der Waals surface area (Å²) >= 11 is 0. The van der Waals surface area contributed by atoms with Crippen LogP contribution >= 0.6 is 0 Å². The Bertz CT molecular complexity index is 338. The van der Waals surface area contributed by atoms with Crippen molar-refractivity contribution in [2.75, 3.05) is 0 Å². The summed E-state index contributed by atoms with van der Waals surface area (Å²) in [4.78, 5) is 0. The lowest BCUT2D eigenvalue weighted by Crippen LogP contribution is -2.37. The van der Waals surface area contributed by atoms with Crippen LogP contribution in [0.15, 0.2) is 18.3 Å². The molecular formula is C14H24N2. The predicted molar refractivity (Wildman–Crippen MR) is 68.4 cm³/mol. The smallest absolute Gasteiger partial charge is 0.0361 e. The number of hydrogen-bond donors (Lipinski definition) is 1. The normalized spacial score (nSPS) is 23.8. The molecule has 0 amide bonds. The van der Waals surface area contributed by atoms with E-state index in [1.54, 1.807) is 0 Å². The quantitative estimate of drug-likeness (QED) is 0.824. The first-order valence-corrected chi connectivity index (χ1v) is 6.51. The molecule has 90 valence electrons. The van der Waals surface area contributed by atoms with Gasteiger partial charge in [0.15, 0.2) is 0 Å². The monoisotopic (exact) mass is 220 g/mol. The third-order valence-electron chi connectivity index (χ3n) is 4.05. The average molecular weight is 220 g/mol. The average Bonchev–Trinajstić information content (AvgIpc) is 2.81. The largest absolute Gasteiger partial charge is 0.351 e. The van der Waals surface area contributed by atoms with Crippen LogP contribution in [-0.4, -0.2) is 10.6 Å². The van der Waals surface area contributed by atoms with E-state index in [0.29, 0.717) is 11.5 Å². The second kappa shape index (κ2) is 4.62. The zero-order valence-corrected chi connectivity index (χ0v) is 10.8. The van der Waals surface area contributed by atoms with E-state index in [4.69, 9.17) is 0 Å². The molecule has 1 aliphatic carbocycles. The van der Waals surface area contributed by atoms with Gasteiger partial charge >= 0.3 is 0 Å². The Morgan fingerprint density at radius 2 is 2.31 bits per heavy atom. The topological polar surface area (TPSA) is 17.0 Å². The standard InChI is InChI=1S/C14H24N2/c1-4-16-10-6-7-12(16)11-15-13-8-5-9-14(13,2)3/h6-7,10,13,15H,4-5,8-9,11H2,1-3H3. The predicted octanol–water partition coefficient (Wildman–Crippen LogP) is 3.18. The minimum atomic E-state index is 0.476. The summed E-state index contributed by atoms with van der Waals surface area (Å²) in [6, 6.07) is 5.05. The molecule has 0 spiro atoms. The Morgan fingerprint density at radius 3 is 2.94 bits per heavy atom. The van der Waals surface area contributed by atoms with Gasteiger partial charge in [-0.2, -0.15) is 0 Å². The Balaban J connectivity index is 1.92. The van der Waals surface area contributed by atoms with E-state index in [-0.39, 0.29) is 0 Å². The summed E-state index contributed by atoms with van der Waals surface area (Å²) < 4.78 is 2.31. The first-order valence-electron chi connectivity index (χ1n) is 6.51. The maximum absolute atomic E-state index is 3.73. The SMILES string of the molecule is CCn1cccc1CNC1CCCC1(C)C. The van der Waals surface area contributed by atoms with Crippen molar-refractivity contribution >= 4 is 0 Å². The van der Waals surface area contributed by atoms with Crippen LogP contribution in [0.3, 0.4) is 0 Å². The minimum absolute atomic E-state index is 0.476. The van der Waals surface area contributed by atoms with Gasteiger partial charge in [0.2, 0.25) is 0 Å². The van der Waals surface area contributed by atoms with Gasteiger partial charge in [-0.3, -0.25) is 0 Å². The van der Waals surface area contributed by atoms with Crippen molar-refractivity contribution in [2.45, 2.75) is 59.2 Å². The number of nitrogens with zero attached hydrogens (tertiary/aromatic N) is 1. The summed E-state index contributed by atoms with van der Waals surface area (Å²) in [7, 11) is 0. The number of hydrogen-bond acceptors (Lipinski definition) is 1. The molecular weight excluding hydrogens is 196 g/mol. The third kappa shape index (κ3) is 2.32. The highest BCUT2D eigenvalue weighted by atomic mass is 15.0. The molecule has 0 saturated heterocycles. The van der Waals surface area contributed by atoms with Gasteiger partial charge in [-0.25, -0.2) is 0 Å². The number of rotatable bonds is 4. The van der Waals surface area contributed by atoms with Crippen LogP contribution in [-0.2, 0) is 13.1 Å². The highest BCUT2D eigenvalue weighted by Gasteiger charge is 2.33. The van der Waals surface area contributed by atoms with Gasteiger partial charge in [0.25, 0.3) is 0 Å². The zero-order valence-electron chi connectivity index (χ0n) is 10.8. The zero-order chi connectivity index (χ0) is 11.6. The summed E-state index contributed by atoms with van der Waals surface area (Å²) in [6.07, 6.45) is 6.23. The fraction of sp³-hybridized carbons (Fsp3) is 0.714. The van der Waals surface area contributed by atoms with Gasteiger partial charge in [0.05, 0.1) is 0 Å². The Morgan fingerprint density at radius 1 is 1.50 bits per heavy atom. The molecule has 0 radical (unpaired) electrons. The molecule has 2 heteroatoms. The maximum atomic E-state index is 3.73. The summed E-state index contributed by atoms with van der Waals surface area (Å²) in [5.74, 6) is 0. The Labute approximate surface area is 99.0 Å². The van der Waals surface area contributed by atoms with E-state index < -0.39 is 0 Å². The summed E-state index contributed by atoms with van der Waals surface area (Å²) in [5.41, 5.74) is 1.88. The van der Waals surface area contributed by atoms with Crippen molar-refractivity contribution in [2.24, 2.45) is 5.41 Å². The van der Waals surface area contributed by atoms with Crippen LogP contribution in [0.1, 0.15) is 45.7 Å². The highest BCUT2D eigenvalue weighted by molar-refractivity contribution is 5.07. The summed E-state index contributed by atoms with van der Waals surface area (Å²) in [6.45, 7) is 9.04. The molecule has 16 heavy (non-hydrogen) atoms. The number of aryl methyl sites for hydroxylation is 1. The van der Waals surface area contributed by atoms with Crippen LogP contribution in [0.5, 0.6) is 0 Å². The second-order valence-electron chi connectivity index (χ2n) is 5.60. The lowest BCUT2D eigenvalue weighted by atomic mass is 9.87. The van der Waals surface area contributed by atoms with Gasteiger partial charge in [0, 0.05) is 31.0 Å². The van der Waals surface area contributed by atoms with Crippen molar-refractivity contribution in [1.29, 1.82) is 0 Å². The molecule has 1 aliphatic rings. The fourth-order valence-electron chi connectivity index (χ4n) is 2.85. The van der Waals surface area contributed by atoms with Crippen molar-refractivity contribution in [3.8, 4) is 0 Å². The Hall–Kier alpha value is -0.760. The third-order valence-corrected chi connectivity index (χ3v) is 4.05. The molecule has 1 heterocycles. The highest BCUT2D eigenvalue weighted by Crippen LogP contribution is 2.37. The van der Waals surface area contributed by atoms with E-state index in [0.717, 1.165) is 13.1 Å². The molecule has 1 fully saturated rings. The molecule has 1 aromatic rings. The maximum Gasteiger partial charge on any atom is 0.0361 e. The first kappa shape index (κ1) is 11.7. The lowest BCUT2D eigenvalue weighted by molar-refractivity contribution is 0.281. The van der Waals surface area contributed by atoms with E-state index in [1.165, 1.54) is 25.0 Å². The molecule has 0 bridgehead atoms. The molecule has 1 N–H and O–H groups in total. The minimum Gasteiger partial charge on any atom is -0.351 e. The van der Waals surface area contributed by atoms with Gasteiger partial charge in [-0.05, 0) is 37.3 Å². The van der Waals surface area contributed by atoms with Gasteiger partial charge in [0.1, 0.15) is 0 Å². The lowest BCUT2D eigenvalue weighted by Gasteiger charge is -2.28. The van der Waals surface area contributed by atoms with E-state index in [9.17, 15) is 0 Å². The molecule has 1 atom stereocenters. The molecule has 2 rings (SSSR count). The van der Waals surface area contributed by atoms with Crippen molar-refractivity contribution in [3.63, 3.8) is 0 Å². The number of aromatic nitrogens is 1. The summed E-state index contributed by atoms with van der Waals surface area (Å²) in [5, 5.41) is 3.73.